The molecule has 0 N–H and O–H groups in total. The summed E-state index contributed by atoms with van der Waals surface area (Å²) in [6.45, 7) is 2.00. The van der Waals surface area contributed by atoms with E-state index in [-0.39, 0.29) is 0 Å². The van der Waals surface area contributed by atoms with E-state index in [1.165, 1.54) is 0 Å². The molecule has 1 aromatic carbocycles. The normalized spacial score (nSPS) is 10.6. The van der Waals surface area contributed by atoms with Gasteiger partial charge in [0.05, 0.1) is 17.3 Å². The third-order valence-electron chi connectivity index (χ3n) is 2.19. The van der Waals surface area contributed by atoms with Crippen molar-refractivity contribution < 1.29 is 0 Å². The Morgan fingerprint density at radius 1 is 1.33 bits per heavy atom. The Morgan fingerprint density at radius 3 is 2.73 bits per heavy atom. The van der Waals surface area contributed by atoms with E-state index in [1.807, 2.05) is 42.1 Å². The topological polar surface area (TPSA) is 17.8 Å². The zero-order valence-electron chi connectivity index (χ0n) is 8.24. The number of nitrogens with zero attached hydrogens (tertiary/aromatic N) is 2. The van der Waals surface area contributed by atoms with E-state index in [0.717, 1.165) is 22.0 Å². The van der Waals surface area contributed by atoms with Crippen LogP contribution in [0.4, 0.5) is 0 Å². The maximum absolute atomic E-state index is 5.89. The molecule has 1 aromatic heterocycles. The first-order valence-electron chi connectivity index (χ1n) is 4.58. The van der Waals surface area contributed by atoms with Gasteiger partial charge in [-0.05, 0) is 36.8 Å². The number of benzene rings is 1. The average molecular weight is 241 g/mol. The predicted octanol–water partition coefficient (Wildman–Crippen LogP) is 3.57. The largest absolute Gasteiger partial charge is 0.240 e. The second-order valence-electron chi connectivity index (χ2n) is 3.32. The van der Waals surface area contributed by atoms with Crippen LogP contribution in [0.5, 0.6) is 0 Å². The lowest BCUT2D eigenvalue weighted by atomic mass is 10.2. The number of alkyl halides is 1. The molecule has 0 saturated heterocycles. The maximum atomic E-state index is 5.89. The lowest BCUT2D eigenvalue weighted by Crippen LogP contribution is -1.98. The Hall–Kier alpha value is -0.990. The Labute approximate surface area is 98.4 Å². The highest BCUT2D eigenvalue weighted by Gasteiger charge is 2.03. The van der Waals surface area contributed by atoms with E-state index in [1.54, 1.807) is 0 Å². The SMILES string of the molecule is Cc1cc(Cl)ccc1-n1ccc(CCl)n1. The summed E-state index contributed by atoms with van der Waals surface area (Å²) in [6.07, 6.45) is 1.90. The summed E-state index contributed by atoms with van der Waals surface area (Å²) in [6, 6.07) is 7.62. The van der Waals surface area contributed by atoms with E-state index >= 15 is 0 Å². The van der Waals surface area contributed by atoms with Crippen LogP contribution in [-0.4, -0.2) is 9.78 Å². The summed E-state index contributed by atoms with van der Waals surface area (Å²) in [5.41, 5.74) is 2.98. The van der Waals surface area contributed by atoms with Gasteiger partial charge in [-0.15, -0.1) is 11.6 Å². The molecular formula is C11H10Cl2N2. The van der Waals surface area contributed by atoms with Crippen molar-refractivity contribution in [3.8, 4) is 5.69 Å². The van der Waals surface area contributed by atoms with Gasteiger partial charge in [-0.3, -0.25) is 0 Å². The van der Waals surface area contributed by atoms with Crippen LogP contribution in [0, 0.1) is 6.92 Å². The average Bonchev–Trinajstić information content (AvgIpc) is 2.66. The van der Waals surface area contributed by atoms with Crippen LogP contribution in [0.3, 0.4) is 0 Å². The Morgan fingerprint density at radius 2 is 2.13 bits per heavy atom. The third kappa shape index (κ3) is 2.16. The maximum Gasteiger partial charge on any atom is 0.0776 e. The molecule has 0 spiro atoms. The first kappa shape index (κ1) is 10.5. The van der Waals surface area contributed by atoms with E-state index in [9.17, 15) is 0 Å². The molecule has 15 heavy (non-hydrogen) atoms. The summed E-state index contributed by atoms with van der Waals surface area (Å²) in [5, 5.41) is 5.07. The smallest absolute Gasteiger partial charge is 0.0776 e. The van der Waals surface area contributed by atoms with Crippen LogP contribution in [0.15, 0.2) is 30.5 Å². The number of halogens is 2. The molecule has 0 fully saturated rings. The molecule has 2 rings (SSSR count). The number of hydrogen-bond acceptors (Lipinski definition) is 1. The summed E-state index contributed by atoms with van der Waals surface area (Å²) in [4.78, 5) is 0. The van der Waals surface area contributed by atoms with Crippen LogP contribution in [-0.2, 0) is 5.88 Å². The van der Waals surface area contributed by atoms with Crippen molar-refractivity contribution in [1.29, 1.82) is 0 Å². The van der Waals surface area contributed by atoms with Crippen molar-refractivity contribution in [2.45, 2.75) is 12.8 Å². The zero-order valence-corrected chi connectivity index (χ0v) is 9.76. The second-order valence-corrected chi connectivity index (χ2v) is 4.02. The fraction of sp³-hybridized carbons (Fsp3) is 0.182. The summed E-state index contributed by atoms with van der Waals surface area (Å²) < 4.78 is 1.81. The standard InChI is InChI=1S/C11H10Cl2N2/c1-8-6-9(13)2-3-11(8)15-5-4-10(7-12)14-15/h2-6H,7H2,1H3. The zero-order chi connectivity index (χ0) is 10.8. The molecule has 0 aliphatic carbocycles. The predicted molar refractivity (Wildman–Crippen MR) is 62.9 cm³/mol. The molecule has 2 nitrogen and oxygen atoms in total. The Balaban J connectivity index is 2.44. The number of aryl methyl sites for hydroxylation is 1. The van der Waals surface area contributed by atoms with Crippen molar-refractivity contribution in [3.63, 3.8) is 0 Å². The molecule has 0 aliphatic rings. The molecule has 78 valence electrons. The van der Waals surface area contributed by atoms with Gasteiger partial charge in [-0.25, -0.2) is 4.68 Å². The highest BCUT2D eigenvalue weighted by atomic mass is 35.5. The van der Waals surface area contributed by atoms with E-state index in [4.69, 9.17) is 23.2 Å². The molecular weight excluding hydrogens is 231 g/mol. The van der Waals surface area contributed by atoms with Gasteiger partial charge >= 0.3 is 0 Å². The monoisotopic (exact) mass is 240 g/mol. The van der Waals surface area contributed by atoms with Crippen LogP contribution in [0.1, 0.15) is 11.3 Å². The molecule has 0 atom stereocenters. The minimum atomic E-state index is 0.430. The quantitative estimate of drug-likeness (QED) is 0.735. The first-order valence-corrected chi connectivity index (χ1v) is 5.49. The minimum Gasteiger partial charge on any atom is -0.240 e. The number of rotatable bonds is 2. The van der Waals surface area contributed by atoms with Crippen LogP contribution < -0.4 is 0 Å². The van der Waals surface area contributed by atoms with Crippen molar-refractivity contribution in [3.05, 3.63) is 46.7 Å². The highest BCUT2D eigenvalue weighted by Crippen LogP contribution is 2.18. The lowest BCUT2D eigenvalue weighted by molar-refractivity contribution is 0.852. The van der Waals surface area contributed by atoms with Gasteiger partial charge in [-0.1, -0.05) is 11.6 Å². The Kier molecular flexibility index (Phi) is 2.98. The van der Waals surface area contributed by atoms with E-state index < -0.39 is 0 Å². The summed E-state index contributed by atoms with van der Waals surface area (Å²) >= 11 is 11.6. The van der Waals surface area contributed by atoms with Crippen LogP contribution in [0.2, 0.25) is 5.02 Å². The van der Waals surface area contributed by atoms with E-state index in [0.29, 0.717) is 5.88 Å². The molecule has 4 heteroatoms. The molecule has 0 unspecified atom stereocenters. The fourth-order valence-corrected chi connectivity index (χ4v) is 1.81. The van der Waals surface area contributed by atoms with Gasteiger partial charge in [0.15, 0.2) is 0 Å². The molecule has 0 radical (unpaired) electrons. The summed E-state index contributed by atoms with van der Waals surface area (Å²) in [7, 11) is 0. The van der Waals surface area contributed by atoms with Crippen LogP contribution in [0.25, 0.3) is 5.69 Å². The molecule has 1 heterocycles. The van der Waals surface area contributed by atoms with Gasteiger partial charge < -0.3 is 0 Å². The molecule has 0 aliphatic heterocycles. The first-order chi connectivity index (χ1) is 7.20. The van der Waals surface area contributed by atoms with Gasteiger partial charge in [0.25, 0.3) is 0 Å². The Bertz CT molecular complexity index is 477. The molecule has 2 aromatic rings. The van der Waals surface area contributed by atoms with Gasteiger partial charge in [0.1, 0.15) is 0 Å². The molecule has 0 amide bonds. The van der Waals surface area contributed by atoms with Crippen molar-refractivity contribution in [1.82, 2.24) is 9.78 Å². The van der Waals surface area contributed by atoms with Gasteiger partial charge in [0.2, 0.25) is 0 Å². The third-order valence-corrected chi connectivity index (χ3v) is 2.70. The lowest BCUT2D eigenvalue weighted by Gasteiger charge is -2.05. The van der Waals surface area contributed by atoms with Crippen molar-refractivity contribution >= 4 is 23.2 Å². The molecule has 0 saturated carbocycles. The van der Waals surface area contributed by atoms with E-state index in [2.05, 4.69) is 5.10 Å². The number of aromatic nitrogens is 2. The van der Waals surface area contributed by atoms with Crippen molar-refractivity contribution in [2.75, 3.05) is 0 Å². The second kappa shape index (κ2) is 4.25. The summed E-state index contributed by atoms with van der Waals surface area (Å²) in [5.74, 6) is 0.430. The van der Waals surface area contributed by atoms with Crippen molar-refractivity contribution in [2.24, 2.45) is 0 Å². The van der Waals surface area contributed by atoms with Gasteiger partial charge in [0, 0.05) is 11.2 Å². The fourth-order valence-electron chi connectivity index (χ4n) is 1.44. The highest BCUT2D eigenvalue weighted by molar-refractivity contribution is 6.30. The molecule has 0 bridgehead atoms. The van der Waals surface area contributed by atoms with Crippen LogP contribution >= 0.6 is 23.2 Å². The number of hydrogen-bond donors (Lipinski definition) is 0. The minimum absolute atomic E-state index is 0.430. The van der Waals surface area contributed by atoms with Gasteiger partial charge in [-0.2, -0.15) is 5.10 Å².